The summed E-state index contributed by atoms with van der Waals surface area (Å²) in [4.78, 5) is 11.6. The number of ether oxygens (including phenoxy) is 2. The highest BCUT2D eigenvalue weighted by Crippen LogP contribution is 2.15. The molecule has 0 aliphatic carbocycles. The Hall–Kier alpha value is -0.870. The van der Waals surface area contributed by atoms with Gasteiger partial charge in [0.1, 0.15) is 5.75 Å². The largest absolute Gasteiger partial charge is 0.494 e. The summed E-state index contributed by atoms with van der Waals surface area (Å²) < 4.78 is 11.6. The Labute approximate surface area is 231 Å². The van der Waals surface area contributed by atoms with Crippen LogP contribution < -0.4 is 4.74 Å². The van der Waals surface area contributed by atoms with Crippen LogP contribution in [0.25, 0.3) is 0 Å². The Bertz CT molecular complexity index is 602. The summed E-state index contributed by atoms with van der Waals surface area (Å²) in [5.74, 6) is 0.943. The summed E-state index contributed by atoms with van der Waals surface area (Å²) in [6.07, 6.45) is 27.0. The summed E-state index contributed by atoms with van der Waals surface area (Å²) in [5, 5.41) is 0.360. The number of halogens is 1. The maximum Gasteiger partial charge on any atom is 0.173 e. The first kappa shape index (κ1) is 33.2. The molecule has 0 N–H and O–H groups in total. The van der Waals surface area contributed by atoms with Gasteiger partial charge in [-0.2, -0.15) is 0 Å². The third-order valence-corrected chi connectivity index (χ3v) is 7.40. The molecule has 0 fully saturated rings. The van der Waals surface area contributed by atoms with Crippen molar-refractivity contribution in [3.8, 4) is 5.75 Å². The maximum absolute atomic E-state index is 11.6. The highest BCUT2D eigenvalue weighted by molar-refractivity contribution is 9.09. The predicted octanol–water partition coefficient (Wildman–Crippen LogP) is 10.5. The van der Waals surface area contributed by atoms with E-state index in [0.717, 1.165) is 37.6 Å². The smallest absolute Gasteiger partial charge is 0.173 e. The van der Waals surface area contributed by atoms with Crippen LogP contribution in [-0.2, 0) is 4.74 Å². The van der Waals surface area contributed by atoms with Crippen LogP contribution in [0.3, 0.4) is 0 Å². The SMILES string of the molecule is CCCCCCCCCCCCCCCCOCCCCCCCCOc1ccc(C(=O)CBr)cc1. The standard InChI is InChI=1S/C32H55BrO3/c1-2-3-4-5-6-7-8-9-10-11-12-13-16-19-26-35-27-20-17-14-15-18-21-28-36-31-24-22-30(23-25-31)32(34)29-33/h22-25H,2-21,26-29H2,1H3. The number of benzene rings is 1. The van der Waals surface area contributed by atoms with Crippen LogP contribution in [0.4, 0.5) is 0 Å². The fourth-order valence-electron chi connectivity index (χ4n) is 4.52. The summed E-state index contributed by atoms with van der Waals surface area (Å²) in [6, 6.07) is 7.43. The lowest BCUT2D eigenvalue weighted by Gasteiger charge is -2.07. The van der Waals surface area contributed by atoms with Crippen molar-refractivity contribution in [3.63, 3.8) is 0 Å². The molecule has 0 amide bonds. The normalized spacial score (nSPS) is 11.2. The van der Waals surface area contributed by atoms with E-state index in [4.69, 9.17) is 9.47 Å². The second-order valence-corrected chi connectivity index (χ2v) is 10.8. The molecule has 1 aromatic rings. The zero-order chi connectivity index (χ0) is 25.9. The molecule has 0 spiro atoms. The van der Waals surface area contributed by atoms with E-state index in [-0.39, 0.29) is 5.78 Å². The molecular weight excluding hydrogens is 512 g/mol. The van der Waals surface area contributed by atoms with E-state index >= 15 is 0 Å². The topological polar surface area (TPSA) is 35.5 Å². The van der Waals surface area contributed by atoms with Gasteiger partial charge in [0.05, 0.1) is 11.9 Å². The molecule has 1 aromatic carbocycles. The van der Waals surface area contributed by atoms with Crippen molar-refractivity contribution >= 4 is 21.7 Å². The van der Waals surface area contributed by atoms with E-state index in [1.807, 2.05) is 24.3 Å². The van der Waals surface area contributed by atoms with Crippen LogP contribution in [0, 0.1) is 0 Å². The van der Waals surface area contributed by atoms with Gasteiger partial charge in [-0.25, -0.2) is 0 Å². The molecule has 3 nitrogen and oxygen atoms in total. The van der Waals surface area contributed by atoms with Crippen molar-refractivity contribution in [2.75, 3.05) is 25.2 Å². The molecule has 0 saturated heterocycles. The molecule has 0 unspecified atom stereocenters. The third-order valence-electron chi connectivity index (χ3n) is 6.89. The second-order valence-electron chi connectivity index (χ2n) is 10.3. The molecule has 0 atom stereocenters. The zero-order valence-corrected chi connectivity index (χ0v) is 25.0. The fraction of sp³-hybridized carbons (Fsp3) is 0.781. The molecule has 0 bridgehead atoms. The lowest BCUT2D eigenvalue weighted by atomic mass is 10.0. The minimum Gasteiger partial charge on any atom is -0.494 e. The highest BCUT2D eigenvalue weighted by Gasteiger charge is 2.03. The van der Waals surface area contributed by atoms with Crippen molar-refractivity contribution < 1.29 is 14.3 Å². The molecule has 1 rings (SSSR count). The lowest BCUT2D eigenvalue weighted by molar-refractivity contribution is 0.102. The number of rotatable bonds is 27. The van der Waals surface area contributed by atoms with E-state index in [2.05, 4.69) is 22.9 Å². The molecule has 0 saturated carbocycles. The number of ketones is 1. The first-order chi connectivity index (χ1) is 17.8. The van der Waals surface area contributed by atoms with E-state index in [1.165, 1.54) is 122 Å². The Kier molecular flexibility index (Phi) is 23.7. The van der Waals surface area contributed by atoms with Gasteiger partial charge in [-0.1, -0.05) is 132 Å². The van der Waals surface area contributed by atoms with E-state index in [0.29, 0.717) is 5.33 Å². The molecular formula is C32H55BrO3. The summed E-state index contributed by atoms with van der Waals surface area (Å²) in [5.41, 5.74) is 0.725. The Morgan fingerprint density at radius 1 is 0.583 bits per heavy atom. The molecule has 0 heterocycles. The van der Waals surface area contributed by atoms with Gasteiger partial charge in [-0.15, -0.1) is 0 Å². The average molecular weight is 568 g/mol. The van der Waals surface area contributed by atoms with Crippen LogP contribution in [0.5, 0.6) is 5.75 Å². The maximum atomic E-state index is 11.6. The van der Waals surface area contributed by atoms with Crippen LogP contribution in [0.2, 0.25) is 0 Å². The van der Waals surface area contributed by atoms with Crippen LogP contribution in [0.15, 0.2) is 24.3 Å². The highest BCUT2D eigenvalue weighted by atomic mass is 79.9. The van der Waals surface area contributed by atoms with E-state index in [1.54, 1.807) is 0 Å². The van der Waals surface area contributed by atoms with Crippen molar-refractivity contribution in [1.29, 1.82) is 0 Å². The Morgan fingerprint density at radius 2 is 0.972 bits per heavy atom. The minimum absolute atomic E-state index is 0.0989. The van der Waals surface area contributed by atoms with E-state index in [9.17, 15) is 4.79 Å². The van der Waals surface area contributed by atoms with Gasteiger partial charge in [0.15, 0.2) is 5.78 Å². The summed E-state index contributed by atoms with van der Waals surface area (Å²) in [7, 11) is 0. The first-order valence-corrected chi connectivity index (χ1v) is 16.3. The number of unbranched alkanes of at least 4 members (excludes halogenated alkanes) is 18. The van der Waals surface area contributed by atoms with Gasteiger partial charge in [0.2, 0.25) is 0 Å². The number of carbonyl (C=O) groups excluding carboxylic acids is 1. The molecule has 0 aliphatic heterocycles. The van der Waals surface area contributed by atoms with Gasteiger partial charge in [0, 0.05) is 18.8 Å². The van der Waals surface area contributed by atoms with Gasteiger partial charge in [-0.3, -0.25) is 4.79 Å². The van der Waals surface area contributed by atoms with Gasteiger partial charge in [-0.05, 0) is 43.5 Å². The number of hydrogen-bond acceptors (Lipinski definition) is 3. The van der Waals surface area contributed by atoms with Gasteiger partial charge in [0.25, 0.3) is 0 Å². The molecule has 4 heteroatoms. The summed E-state index contributed by atoms with van der Waals surface area (Å²) >= 11 is 3.20. The summed E-state index contributed by atoms with van der Waals surface area (Å²) in [6.45, 7) is 4.90. The molecule has 0 radical (unpaired) electrons. The second kappa shape index (κ2) is 25.8. The van der Waals surface area contributed by atoms with Crippen LogP contribution in [-0.4, -0.2) is 30.9 Å². The predicted molar refractivity (Wildman–Crippen MR) is 159 cm³/mol. The number of carbonyl (C=O) groups is 1. The van der Waals surface area contributed by atoms with Crippen molar-refractivity contribution in [1.82, 2.24) is 0 Å². The minimum atomic E-state index is 0.0989. The molecule has 208 valence electrons. The van der Waals surface area contributed by atoms with Crippen molar-refractivity contribution in [3.05, 3.63) is 29.8 Å². The third kappa shape index (κ3) is 20.2. The Balaban J connectivity index is 1.73. The van der Waals surface area contributed by atoms with E-state index < -0.39 is 0 Å². The van der Waals surface area contributed by atoms with Gasteiger partial charge >= 0.3 is 0 Å². The Morgan fingerprint density at radius 3 is 1.39 bits per heavy atom. The zero-order valence-electron chi connectivity index (χ0n) is 23.4. The molecule has 0 aliphatic rings. The van der Waals surface area contributed by atoms with Gasteiger partial charge < -0.3 is 9.47 Å². The number of alkyl halides is 1. The van der Waals surface area contributed by atoms with Crippen LogP contribution >= 0.6 is 15.9 Å². The number of hydrogen-bond donors (Lipinski definition) is 0. The number of Topliss-reactive ketones (excluding diaryl/α,β-unsaturated/α-hetero) is 1. The van der Waals surface area contributed by atoms with Crippen molar-refractivity contribution in [2.24, 2.45) is 0 Å². The lowest BCUT2D eigenvalue weighted by Crippen LogP contribution is -2.01. The van der Waals surface area contributed by atoms with Crippen LogP contribution in [0.1, 0.15) is 146 Å². The molecule has 36 heavy (non-hydrogen) atoms. The quantitative estimate of drug-likeness (QED) is 0.0603. The average Bonchev–Trinajstić information content (AvgIpc) is 2.91. The fourth-order valence-corrected chi connectivity index (χ4v) is 4.84. The molecule has 0 aromatic heterocycles. The monoisotopic (exact) mass is 566 g/mol. The van der Waals surface area contributed by atoms with Crippen molar-refractivity contribution in [2.45, 2.75) is 135 Å². The first-order valence-electron chi connectivity index (χ1n) is 15.2.